The largest absolute Gasteiger partial charge is 0.354 e. The predicted molar refractivity (Wildman–Crippen MR) is 119 cm³/mol. The molecular weight excluding hydrogens is 427 g/mol. The van der Waals surface area contributed by atoms with Crippen molar-refractivity contribution in [2.75, 3.05) is 18.4 Å². The summed E-state index contributed by atoms with van der Waals surface area (Å²) in [5.41, 5.74) is 1.77. The maximum Gasteiger partial charge on any atom is 0.261 e. The number of anilines is 1. The standard InChI is InChI=1S/C21H20Cl2N4OS/c22-15-4-3-14(16(23)11-15)7-9-24-20(28)19-6-5-18(29-19)17-8-10-25-21(27-17)26-12-13-1-2-13/h3-6,8,10-11,13H,1-2,7,9,12H2,(H,24,28)(H,25,26,27). The van der Waals surface area contributed by atoms with Crippen molar-refractivity contribution in [1.29, 1.82) is 0 Å². The highest BCUT2D eigenvalue weighted by atomic mass is 35.5. The summed E-state index contributed by atoms with van der Waals surface area (Å²) >= 11 is 13.5. The number of carbonyl (C=O) groups excluding carboxylic acids is 1. The van der Waals surface area contributed by atoms with E-state index in [4.69, 9.17) is 23.2 Å². The van der Waals surface area contributed by atoms with E-state index in [0.717, 1.165) is 28.6 Å². The summed E-state index contributed by atoms with van der Waals surface area (Å²) in [4.78, 5) is 22.9. The van der Waals surface area contributed by atoms with Gasteiger partial charge in [-0.1, -0.05) is 29.3 Å². The lowest BCUT2D eigenvalue weighted by molar-refractivity contribution is 0.0958. The van der Waals surface area contributed by atoms with Crippen molar-refractivity contribution in [2.24, 2.45) is 5.92 Å². The first-order valence-electron chi connectivity index (χ1n) is 9.48. The van der Waals surface area contributed by atoms with Crippen LogP contribution in [0.3, 0.4) is 0 Å². The molecule has 2 aromatic heterocycles. The van der Waals surface area contributed by atoms with Gasteiger partial charge in [0.15, 0.2) is 0 Å². The minimum absolute atomic E-state index is 0.104. The maximum absolute atomic E-state index is 12.5. The second-order valence-corrected chi connectivity index (χ2v) is 8.92. The van der Waals surface area contributed by atoms with Crippen molar-refractivity contribution in [3.05, 3.63) is 63.1 Å². The van der Waals surface area contributed by atoms with E-state index >= 15 is 0 Å². The smallest absolute Gasteiger partial charge is 0.261 e. The molecule has 0 aliphatic heterocycles. The van der Waals surface area contributed by atoms with Crippen LogP contribution in [0, 0.1) is 5.92 Å². The number of nitrogens with zero attached hydrogens (tertiary/aromatic N) is 2. The highest BCUT2D eigenvalue weighted by Crippen LogP contribution is 2.30. The molecule has 1 aliphatic carbocycles. The summed E-state index contributed by atoms with van der Waals surface area (Å²) in [6.07, 6.45) is 4.94. The third kappa shape index (κ3) is 5.47. The van der Waals surface area contributed by atoms with E-state index in [2.05, 4.69) is 20.6 Å². The molecule has 2 heterocycles. The molecule has 0 bridgehead atoms. The van der Waals surface area contributed by atoms with Crippen molar-refractivity contribution in [3.8, 4) is 10.6 Å². The summed E-state index contributed by atoms with van der Waals surface area (Å²) in [6.45, 7) is 1.41. The Labute approximate surface area is 183 Å². The van der Waals surface area contributed by atoms with Gasteiger partial charge in [0.05, 0.1) is 15.4 Å². The molecule has 0 saturated heterocycles. The van der Waals surface area contributed by atoms with Crippen molar-refractivity contribution in [1.82, 2.24) is 15.3 Å². The van der Waals surface area contributed by atoms with E-state index < -0.39 is 0 Å². The zero-order valence-electron chi connectivity index (χ0n) is 15.6. The van der Waals surface area contributed by atoms with Crippen LogP contribution >= 0.6 is 34.5 Å². The van der Waals surface area contributed by atoms with Gasteiger partial charge in [0.2, 0.25) is 5.95 Å². The van der Waals surface area contributed by atoms with Crippen molar-refractivity contribution < 1.29 is 4.79 Å². The van der Waals surface area contributed by atoms with Crippen LogP contribution in [-0.4, -0.2) is 29.0 Å². The summed E-state index contributed by atoms with van der Waals surface area (Å²) in [5, 5.41) is 7.43. The highest BCUT2D eigenvalue weighted by Gasteiger charge is 2.21. The molecule has 0 unspecified atom stereocenters. The molecule has 5 nitrogen and oxygen atoms in total. The first kappa shape index (κ1) is 20.1. The Morgan fingerprint density at radius 2 is 2.03 bits per heavy atom. The lowest BCUT2D eigenvalue weighted by atomic mass is 10.1. The fourth-order valence-electron chi connectivity index (χ4n) is 2.86. The monoisotopic (exact) mass is 446 g/mol. The molecule has 3 aromatic rings. The molecule has 2 N–H and O–H groups in total. The van der Waals surface area contributed by atoms with Crippen molar-refractivity contribution in [2.45, 2.75) is 19.3 Å². The average Bonchev–Trinajstić information content (AvgIpc) is 3.41. The number of thiophene rings is 1. The molecule has 1 aliphatic rings. The van der Waals surface area contributed by atoms with E-state index in [1.54, 1.807) is 18.3 Å². The fourth-order valence-corrected chi connectivity index (χ4v) is 4.25. The van der Waals surface area contributed by atoms with Crippen LogP contribution in [0.2, 0.25) is 10.0 Å². The third-order valence-electron chi connectivity index (χ3n) is 4.68. The zero-order valence-corrected chi connectivity index (χ0v) is 17.9. The Balaban J connectivity index is 1.34. The van der Waals surface area contributed by atoms with Crippen LogP contribution in [0.15, 0.2) is 42.6 Å². The molecule has 0 radical (unpaired) electrons. The second kappa shape index (κ2) is 9.11. The normalized spacial score (nSPS) is 13.3. The number of hydrogen-bond acceptors (Lipinski definition) is 5. The topological polar surface area (TPSA) is 66.9 Å². The Morgan fingerprint density at radius 3 is 2.83 bits per heavy atom. The van der Waals surface area contributed by atoms with Gasteiger partial charge in [-0.3, -0.25) is 4.79 Å². The van der Waals surface area contributed by atoms with E-state index in [1.165, 1.54) is 24.2 Å². The highest BCUT2D eigenvalue weighted by molar-refractivity contribution is 7.17. The minimum atomic E-state index is -0.104. The average molecular weight is 447 g/mol. The summed E-state index contributed by atoms with van der Waals surface area (Å²) < 4.78 is 0. The maximum atomic E-state index is 12.5. The number of carbonyl (C=O) groups is 1. The number of hydrogen-bond donors (Lipinski definition) is 2. The molecule has 4 rings (SSSR count). The first-order valence-corrected chi connectivity index (χ1v) is 11.0. The van der Waals surface area contributed by atoms with Gasteiger partial charge in [-0.15, -0.1) is 11.3 Å². The number of aromatic nitrogens is 2. The lowest BCUT2D eigenvalue weighted by Gasteiger charge is -2.06. The third-order valence-corrected chi connectivity index (χ3v) is 6.37. The van der Waals surface area contributed by atoms with Gasteiger partial charge in [0.25, 0.3) is 5.91 Å². The molecule has 150 valence electrons. The Bertz CT molecular complexity index is 1020. The van der Waals surface area contributed by atoms with Crippen molar-refractivity contribution >= 4 is 46.4 Å². The number of nitrogens with one attached hydrogen (secondary N) is 2. The van der Waals surface area contributed by atoms with Gasteiger partial charge in [-0.05, 0) is 61.1 Å². The van der Waals surface area contributed by atoms with Crippen LogP contribution in [0.5, 0.6) is 0 Å². The molecule has 0 atom stereocenters. The van der Waals surface area contributed by atoms with Gasteiger partial charge >= 0.3 is 0 Å². The molecule has 29 heavy (non-hydrogen) atoms. The van der Waals surface area contributed by atoms with Gasteiger partial charge in [0, 0.05) is 29.3 Å². The van der Waals surface area contributed by atoms with Gasteiger partial charge < -0.3 is 10.6 Å². The van der Waals surface area contributed by atoms with Crippen LogP contribution in [-0.2, 0) is 6.42 Å². The fraction of sp³-hybridized carbons (Fsp3) is 0.286. The van der Waals surface area contributed by atoms with Gasteiger partial charge in [0.1, 0.15) is 0 Å². The molecule has 1 aromatic carbocycles. The Kier molecular flexibility index (Phi) is 6.33. The van der Waals surface area contributed by atoms with E-state index in [0.29, 0.717) is 33.8 Å². The molecular formula is C21H20Cl2N4OS. The van der Waals surface area contributed by atoms with E-state index in [9.17, 15) is 4.79 Å². The Morgan fingerprint density at radius 1 is 1.17 bits per heavy atom. The summed E-state index contributed by atoms with van der Waals surface area (Å²) in [6, 6.07) is 11.0. The molecule has 1 saturated carbocycles. The molecule has 0 spiro atoms. The van der Waals surface area contributed by atoms with Crippen LogP contribution in [0.1, 0.15) is 28.1 Å². The van der Waals surface area contributed by atoms with E-state index in [-0.39, 0.29) is 5.91 Å². The summed E-state index contributed by atoms with van der Waals surface area (Å²) in [5.74, 6) is 1.28. The second-order valence-electron chi connectivity index (χ2n) is 7.00. The number of halogens is 2. The number of benzene rings is 1. The molecule has 8 heteroatoms. The van der Waals surface area contributed by atoms with Crippen molar-refractivity contribution in [3.63, 3.8) is 0 Å². The quantitative estimate of drug-likeness (QED) is 0.492. The van der Waals surface area contributed by atoms with Gasteiger partial charge in [-0.2, -0.15) is 0 Å². The minimum Gasteiger partial charge on any atom is -0.354 e. The van der Waals surface area contributed by atoms with Crippen LogP contribution in [0.25, 0.3) is 10.6 Å². The molecule has 1 amide bonds. The van der Waals surface area contributed by atoms with Crippen LogP contribution < -0.4 is 10.6 Å². The number of amides is 1. The molecule has 1 fully saturated rings. The van der Waals surface area contributed by atoms with Gasteiger partial charge in [-0.25, -0.2) is 9.97 Å². The first-order chi connectivity index (χ1) is 14.1. The number of rotatable bonds is 8. The zero-order chi connectivity index (χ0) is 20.2. The van der Waals surface area contributed by atoms with Crippen LogP contribution in [0.4, 0.5) is 5.95 Å². The van der Waals surface area contributed by atoms with E-state index in [1.807, 2.05) is 24.3 Å². The predicted octanol–water partition coefficient (Wildman–Crippen LogP) is 5.31. The SMILES string of the molecule is O=C(NCCc1ccc(Cl)cc1Cl)c1ccc(-c2ccnc(NCC3CC3)n2)s1. The lowest BCUT2D eigenvalue weighted by Crippen LogP contribution is -2.24. The Hall–Kier alpha value is -2.15. The summed E-state index contributed by atoms with van der Waals surface area (Å²) in [7, 11) is 0.